The van der Waals surface area contributed by atoms with Gasteiger partial charge in [-0.3, -0.25) is 10.1 Å². The van der Waals surface area contributed by atoms with Crippen molar-refractivity contribution < 1.29 is 18.0 Å². The van der Waals surface area contributed by atoms with Gasteiger partial charge in [0.05, 0.1) is 16.1 Å². The molecular formula is C10H7ClF3N5OS. The summed E-state index contributed by atoms with van der Waals surface area (Å²) in [5, 5.41) is 12.2. The Kier molecular flexibility index (Phi) is 4.10. The van der Waals surface area contributed by atoms with Gasteiger partial charge in [0.15, 0.2) is 0 Å². The Morgan fingerprint density at radius 3 is 2.62 bits per heavy atom. The molecule has 0 aliphatic carbocycles. The Hall–Kier alpha value is -1.81. The smallest absolute Gasteiger partial charge is 0.289 e. The number of carbonyl (C=O) groups is 1. The first-order valence-corrected chi connectivity index (χ1v) is 6.16. The minimum atomic E-state index is -4.61. The van der Waals surface area contributed by atoms with Gasteiger partial charge in [0.1, 0.15) is 0 Å². The minimum absolute atomic E-state index is 0.0247. The quantitative estimate of drug-likeness (QED) is 0.826. The zero-order chi connectivity index (χ0) is 15.8. The molecule has 6 nitrogen and oxygen atoms in total. The molecule has 1 aromatic heterocycles. The summed E-state index contributed by atoms with van der Waals surface area (Å²) in [5.41, 5.74) is -1.19. The SMILES string of the molecule is Cn1nnnc1NC(=O)c1ccc(C(F)(F)F)c(S)c1Cl. The van der Waals surface area contributed by atoms with Crippen LogP contribution in [0.15, 0.2) is 17.0 Å². The number of hydrogen-bond donors (Lipinski definition) is 2. The van der Waals surface area contributed by atoms with E-state index in [2.05, 4.69) is 33.5 Å². The largest absolute Gasteiger partial charge is 0.417 e. The van der Waals surface area contributed by atoms with Gasteiger partial charge in [0.2, 0.25) is 5.95 Å². The van der Waals surface area contributed by atoms with E-state index in [0.717, 1.165) is 12.1 Å². The molecule has 0 fully saturated rings. The number of thiol groups is 1. The summed E-state index contributed by atoms with van der Waals surface area (Å²) in [6.45, 7) is 0. The van der Waals surface area contributed by atoms with Crippen molar-refractivity contribution in [1.82, 2.24) is 20.2 Å². The number of tetrazole rings is 1. The lowest BCUT2D eigenvalue weighted by molar-refractivity contribution is -0.139. The first-order chi connectivity index (χ1) is 9.71. The van der Waals surface area contributed by atoms with Gasteiger partial charge in [-0.05, 0) is 22.6 Å². The van der Waals surface area contributed by atoms with E-state index in [1.165, 1.54) is 11.7 Å². The summed E-state index contributed by atoms with van der Waals surface area (Å²) in [6, 6.07) is 1.70. The second kappa shape index (κ2) is 5.53. The maximum absolute atomic E-state index is 12.7. The number of aromatic nitrogens is 4. The van der Waals surface area contributed by atoms with Gasteiger partial charge < -0.3 is 0 Å². The summed E-state index contributed by atoms with van der Waals surface area (Å²) in [4.78, 5) is 11.5. The van der Waals surface area contributed by atoms with Gasteiger partial charge in [-0.1, -0.05) is 16.7 Å². The van der Waals surface area contributed by atoms with Crippen LogP contribution in [-0.2, 0) is 13.2 Å². The predicted molar refractivity (Wildman–Crippen MR) is 70.5 cm³/mol. The third kappa shape index (κ3) is 3.10. The molecule has 1 N–H and O–H groups in total. The van der Waals surface area contributed by atoms with E-state index in [0.29, 0.717) is 0 Å². The fraction of sp³-hybridized carbons (Fsp3) is 0.200. The van der Waals surface area contributed by atoms with Crippen LogP contribution < -0.4 is 5.32 Å². The molecule has 0 radical (unpaired) electrons. The molecule has 2 aromatic rings. The number of rotatable bonds is 2. The molecule has 0 atom stereocenters. The van der Waals surface area contributed by atoms with Crippen LogP contribution >= 0.6 is 24.2 Å². The van der Waals surface area contributed by atoms with Crippen molar-refractivity contribution in [2.45, 2.75) is 11.1 Å². The zero-order valence-electron chi connectivity index (χ0n) is 10.3. The lowest BCUT2D eigenvalue weighted by atomic mass is 10.1. The normalized spacial score (nSPS) is 11.5. The molecule has 0 unspecified atom stereocenters. The fourth-order valence-electron chi connectivity index (χ4n) is 1.47. The average Bonchev–Trinajstić information content (AvgIpc) is 2.76. The maximum atomic E-state index is 12.7. The van der Waals surface area contributed by atoms with E-state index in [9.17, 15) is 18.0 Å². The molecule has 0 saturated carbocycles. The summed E-state index contributed by atoms with van der Waals surface area (Å²) < 4.78 is 39.2. The Morgan fingerprint density at radius 2 is 2.10 bits per heavy atom. The molecule has 1 heterocycles. The van der Waals surface area contributed by atoms with Crippen LogP contribution in [0, 0.1) is 0 Å². The minimum Gasteiger partial charge on any atom is -0.289 e. The van der Waals surface area contributed by atoms with E-state index in [-0.39, 0.29) is 11.5 Å². The van der Waals surface area contributed by atoms with E-state index >= 15 is 0 Å². The van der Waals surface area contributed by atoms with Gasteiger partial charge in [0.25, 0.3) is 5.91 Å². The molecule has 0 bridgehead atoms. The first-order valence-electron chi connectivity index (χ1n) is 5.34. The lowest BCUT2D eigenvalue weighted by Gasteiger charge is -2.13. The highest BCUT2D eigenvalue weighted by Crippen LogP contribution is 2.38. The molecule has 1 amide bonds. The number of nitrogens with one attached hydrogen (secondary N) is 1. The van der Waals surface area contributed by atoms with Crippen LogP contribution in [0.5, 0.6) is 0 Å². The van der Waals surface area contributed by atoms with Gasteiger partial charge in [-0.15, -0.1) is 12.6 Å². The first kappa shape index (κ1) is 15.6. The number of hydrogen-bond acceptors (Lipinski definition) is 5. The third-order valence-corrected chi connectivity index (χ3v) is 3.50. The summed E-state index contributed by atoms with van der Waals surface area (Å²) >= 11 is 9.51. The van der Waals surface area contributed by atoms with Gasteiger partial charge in [-0.25, -0.2) is 4.68 Å². The highest BCUT2D eigenvalue weighted by molar-refractivity contribution is 7.80. The van der Waals surface area contributed by atoms with Crippen molar-refractivity contribution in [3.63, 3.8) is 0 Å². The summed E-state index contributed by atoms with van der Waals surface area (Å²) in [7, 11) is 1.48. The van der Waals surface area contributed by atoms with E-state index in [4.69, 9.17) is 11.6 Å². The zero-order valence-corrected chi connectivity index (χ0v) is 12.0. The number of benzene rings is 1. The number of anilines is 1. The number of alkyl halides is 3. The van der Waals surface area contributed by atoms with E-state index in [1.807, 2.05) is 0 Å². The van der Waals surface area contributed by atoms with Crippen LogP contribution in [0.4, 0.5) is 19.1 Å². The fourth-order valence-corrected chi connectivity index (χ4v) is 2.05. The van der Waals surface area contributed by atoms with Crippen molar-refractivity contribution in [1.29, 1.82) is 0 Å². The Bertz CT molecular complexity index is 702. The van der Waals surface area contributed by atoms with Crippen molar-refractivity contribution >= 4 is 36.1 Å². The maximum Gasteiger partial charge on any atom is 0.417 e. The number of amides is 1. The van der Waals surface area contributed by atoms with Crippen LogP contribution in [-0.4, -0.2) is 26.1 Å². The molecule has 1 aromatic carbocycles. The highest BCUT2D eigenvalue weighted by atomic mass is 35.5. The van der Waals surface area contributed by atoms with Crippen LogP contribution in [0.25, 0.3) is 0 Å². The topological polar surface area (TPSA) is 72.7 Å². The van der Waals surface area contributed by atoms with Crippen molar-refractivity contribution in [2.24, 2.45) is 7.05 Å². The Balaban J connectivity index is 2.35. The van der Waals surface area contributed by atoms with Gasteiger partial charge >= 0.3 is 6.18 Å². The number of carbonyl (C=O) groups excluding carboxylic acids is 1. The molecule has 0 aliphatic rings. The van der Waals surface area contributed by atoms with Crippen molar-refractivity contribution in [2.75, 3.05) is 5.32 Å². The Morgan fingerprint density at radius 1 is 1.43 bits per heavy atom. The second-order valence-electron chi connectivity index (χ2n) is 3.90. The molecule has 0 aliphatic heterocycles. The lowest BCUT2D eigenvalue weighted by Crippen LogP contribution is -2.17. The van der Waals surface area contributed by atoms with Crippen LogP contribution in [0.3, 0.4) is 0 Å². The monoisotopic (exact) mass is 337 g/mol. The van der Waals surface area contributed by atoms with Crippen molar-refractivity contribution in [3.8, 4) is 0 Å². The van der Waals surface area contributed by atoms with Gasteiger partial charge in [-0.2, -0.15) is 13.2 Å². The standard InChI is InChI=1S/C10H7ClF3N5OS/c1-19-9(16-17-18-19)15-8(20)4-2-3-5(10(12,13)14)7(21)6(4)11/h2-3,21H,1H3,(H,15,16,18,20). The average molecular weight is 338 g/mol. The van der Waals surface area contributed by atoms with Crippen LogP contribution in [0.1, 0.15) is 15.9 Å². The number of halogens is 4. The molecular weight excluding hydrogens is 331 g/mol. The number of nitrogens with zero attached hydrogens (tertiary/aromatic N) is 4. The third-order valence-electron chi connectivity index (χ3n) is 2.51. The molecule has 0 spiro atoms. The summed E-state index contributed by atoms with van der Waals surface area (Å²) in [5.74, 6) is -0.724. The van der Waals surface area contributed by atoms with E-state index < -0.39 is 27.6 Å². The Labute approximate surface area is 126 Å². The second-order valence-corrected chi connectivity index (χ2v) is 4.73. The molecule has 2 rings (SSSR count). The molecule has 21 heavy (non-hydrogen) atoms. The number of aryl methyl sites for hydroxylation is 1. The predicted octanol–water partition coefficient (Wildman–Crippen LogP) is 2.42. The van der Waals surface area contributed by atoms with Gasteiger partial charge in [0, 0.05) is 11.9 Å². The van der Waals surface area contributed by atoms with Crippen LogP contribution in [0.2, 0.25) is 5.02 Å². The molecule has 11 heteroatoms. The van der Waals surface area contributed by atoms with Crippen molar-refractivity contribution in [3.05, 3.63) is 28.3 Å². The molecule has 0 saturated heterocycles. The molecule has 112 valence electrons. The van der Waals surface area contributed by atoms with E-state index in [1.54, 1.807) is 0 Å². The summed E-state index contributed by atoms with van der Waals surface area (Å²) in [6.07, 6.45) is -4.61. The highest BCUT2D eigenvalue weighted by Gasteiger charge is 2.34.